The van der Waals surface area contributed by atoms with Crippen LogP contribution in [0.3, 0.4) is 0 Å². The molecule has 0 aliphatic heterocycles. The minimum Gasteiger partial charge on any atom is -0.351 e. The Kier molecular flexibility index (Phi) is 4.77. The Morgan fingerprint density at radius 2 is 2.46 bits per heavy atom. The van der Waals surface area contributed by atoms with Crippen LogP contribution in [0.2, 0.25) is 0 Å². The van der Waals surface area contributed by atoms with Crippen molar-refractivity contribution in [2.24, 2.45) is 0 Å². The molecule has 0 radical (unpaired) electrons. The van der Waals surface area contributed by atoms with E-state index in [1.807, 2.05) is 11.4 Å². The van der Waals surface area contributed by atoms with Crippen molar-refractivity contribution in [2.75, 3.05) is 5.88 Å². The summed E-state index contributed by atoms with van der Waals surface area (Å²) in [7, 11) is 0. The molecule has 1 heterocycles. The van der Waals surface area contributed by atoms with E-state index < -0.39 is 0 Å². The highest BCUT2D eigenvalue weighted by atomic mass is 79.9. The average molecular weight is 283 g/mol. The lowest BCUT2D eigenvalue weighted by molar-refractivity contribution is -0.120. The minimum absolute atomic E-state index is 0.000442. The Hall–Kier alpha value is -0.0600. The fraction of sp³-hybridized carbons (Fsp3) is 0.375. The molecule has 0 unspecified atom stereocenters. The van der Waals surface area contributed by atoms with Gasteiger partial charge in [-0.3, -0.25) is 4.79 Å². The molecule has 1 amide bonds. The molecule has 0 saturated carbocycles. The summed E-state index contributed by atoms with van der Waals surface area (Å²) in [5.41, 5.74) is 0. The lowest BCUT2D eigenvalue weighted by atomic mass is 10.4. The lowest BCUT2D eigenvalue weighted by Gasteiger charge is -2.00. The first-order valence-corrected chi connectivity index (χ1v) is 5.98. The molecule has 0 spiro atoms. The van der Waals surface area contributed by atoms with Gasteiger partial charge in [0.25, 0.3) is 0 Å². The number of nitrogens with one attached hydrogen (secondary N) is 1. The van der Waals surface area contributed by atoms with Crippen LogP contribution in [0.15, 0.2) is 15.9 Å². The van der Waals surface area contributed by atoms with Crippen molar-refractivity contribution in [3.8, 4) is 0 Å². The van der Waals surface area contributed by atoms with E-state index in [2.05, 4.69) is 21.2 Å². The summed E-state index contributed by atoms with van der Waals surface area (Å²) < 4.78 is 1.05. The minimum atomic E-state index is -0.000442. The molecule has 2 nitrogen and oxygen atoms in total. The number of carbonyl (C=O) groups excluding carboxylic acids is 1. The van der Waals surface area contributed by atoms with Crippen LogP contribution in [0.4, 0.5) is 0 Å². The van der Waals surface area contributed by atoms with Crippen molar-refractivity contribution < 1.29 is 4.79 Å². The van der Waals surface area contributed by atoms with Crippen LogP contribution in [0.5, 0.6) is 0 Å². The van der Waals surface area contributed by atoms with Gasteiger partial charge in [0.05, 0.1) is 6.54 Å². The number of amides is 1. The fourth-order valence-corrected chi connectivity index (χ4v) is 2.37. The zero-order chi connectivity index (χ0) is 9.68. The van der Waals surface area contributed by atoms with Crippen molar-refractivity contribution in [1.29, 1.82) is 0 Å². The molecule has 1 rings (SSSR count). The number of carbonyl (C=O) groups is 1. The zero-order valence-electron chi connectivity index (χ0n) is 6.85. The van der Waals surface area contributed by atoms with Gasteiger partial charge < -0.3 is 5.32 Å². The Balaban J connectivity index is 2.30. The molecule has 0 bridgehead atoms. The van der Waals surface area contributed by atoms with Crippen LogP contribution >= 0.6 is 38.9 Å². The van der Waals surface area contributed by atoms with Crippen LogP contribution in [0, 0.1) is 0 Å². The van der Waals surface area contributed by atoms with Crippen molar-refractivity contribution in [1.82, 2.24) is 5.32 Å². The highest BCUT2D eigenvalue weighted by Crippen LogP contribution is 2.19. The van der Waals surface area contributed by atoms with E-state index in [9.17, 15) is 4.79 Å². The highest BCUT2D eigenvalue weighted by Gasteiger charge is 2.01. The van der Waals surface area contributed by atoms with E-state index in [-0.39, 0.29) is 5.91 Å². The van der Waals surface area contributed by atoms with Crippen LogP contribution in [-0.2, 0) is 11.3 Å². The molecular weight excluding hydrogens is 274 g/mol. The maximum atomic E-state index is 11.0. The molecule has 5 heteroatoms. The zero-order valence-corrected chi connectivity index (χ0v) is 10.0. The predicted molar refractivity (Wildman–Crippen MR) is 59.2 cm³/mol. The van der Waals surface area contributed by atoms with Gasteiger partial charge in [-0.2, -0.15) is 0 Å². The third kappa shape index (κ3) is 4.11. The van der Waals surface area contributed by atoms with Gasteiger partial charge in [-0.1, -0.05) is 0 Å². The second-order valence-electron chi connectivity index (χ2n) is 2.45. The van der Waals surface area contributed by atoms with E-state index >= 15 is 0 Å². The van der Waals surface area contributed by atoms with E-state index in [0.717, 1.165) is 9.35 Å². The number of alkyl halides is 1. The summed E-state index contributed by atoms with van der Waals surface area (Å²) in [6.45, 7) is 0.589. The van der Waals surface area contributed by atoms with Crippen LogP contribution in [0.25, 0.3) is 0 Å². The summed E-state index contributed by atoms with van der Waals surface area (Å²) in [4.78, 5) is 12.2. The molecule has 72 valence electrons. The molecule has 13 heavy (non-hydrogen) atoms. The SMILES string of the molecule is O=C(CCCl)NCc1cc(Br)cs1. The van der Waals surface area contributed by atoms with Gasteiger partial charge in [-0.05, 0) is 22.0 Å². The number of hydrogen-bond donors (Lipinski definition) is 1. The van der Waals surface area contributed by atoms with E-state index in [1.165, 1.54) is 0 Å². The van der Waals surface area contributed by atoms with Gasteiger partial charge in [-0.25, -0.2) is 0 Å². The summed E-state index contributed by atoms with van der Waals surface area (Å²) in [5, 5.41) is 4.77. The molecular formula is C8H9BrClNOS. The standard InChI is InChI=1S/C8H9BrClNOS/c9-6-3-7(13-5-6)4-11-8(12)1-2-10/h3,5H,1-2,4H2,(H,11,12). The van der Waals surface area contributed by atoms with Crippen molar-refractivity contribution >= 4 is 44.8 Å². The van der Waals surface area contributed by atoms with Crippen LogP contribution < -0.4 is 5.32 Å². The molecule has 0 fully saturated rings. The van der Waals surface area contributed by atoms with Gasteiger partial charge in [0, 0.05) is 27.0 Å². The van der Waals surface area contributed by atoms with Gasteiger partial charge >= 0.3 is 0 Å². The van der Waals surface area contributed by atoms with E-state index in [4.69, 9.17) is 11.6 Å². The maximum Gasteiger partial charge on any atom is 0.221 e. The Bertz CT molecular complexity index is 289. The fourth-order valence-electron chi connectivity index (χ4n) is 0.806. The van der Waals surface area contributed by atoms with Crippen molar-refractivity contribution in [3.05, 3.63) is 20.8 Å². The second-order valence-corrected chi connectivity index (χ2v) is 4.74. The quantitative estimate of drug-likeness (QED) is 0.845. The van der Waals surface area contributed by atoms with Crippen molar-refractivity contribution in [3.63, 3.8) is 0 Å². The summed E-state index contributed by atoms with van der Waals surface area (Å²) in [5.74, 6) is 0.375. The van der Waals surface area contributed by atoms with Crippen molar-refractivity contribution in [2.45, 2.75) is 13.0 Å². The average Bonchev–Trinajstić information content (AvgIpc) is 2.49. The van der Waals surface area contributed by atoms with Gasteiger partial charge in [0.15, 0.2) is 0 Å². The summed E-state index contributed by atoms with van der Waals surface area (Å²) in [6.07, 6.45) is 0.383. The molecule has 0 aromatic carbocycles. The monoisotopic (exact) mass is 281 g/mol. The Labute approximate surface area is 94.4 Å². The molecule has 1 aromatic rings. The molecule has 1 aromatic heterocycles. The number of hydrogen-bond acceptors (Lipinski definition) is 2. The smallest absolute Gasteiger partial charge is 0.221 e. The second kappa shape index (κ2) is 5.62. The topological polar surface area (TPSA) is 29.1 Å². The largest absolute Gasteiger partial charge is 0.351 e. The van der Waals surface area contributed by atoms with E-state index in [0.29, 0.717) is 18.8 Å². The number of thiophene rings is 1. The maximum absolute atomic E-state index is 11.0. The summed E-state index contributed by atoms with van der Waals surface area (Å²) in [6, 6.07) is 1.99. The molecule has 0 aliphatic carbocycles. The van der Waals surface area contributed by atoms with Crippen LogP contribution in [-0.4, -0.2) is 11.8 Å². The number of halogens is 2. The lowest BCUT2D eigenvalue weighted by Crippen LogP contribution is -2.22. The number of rotatable bonds is 4. The first-order chi connectivity index (χ1) is 6.22. The normalized spacial score (nSPS) is 10.0. The van der Waals surface area contributed by atoms with Gasteiger partial charge in [-0.15, -0.1) is 22.9 Å². The van der Waals surface area contributed by atoms with Gasteiger partial charge in [0.1, 0.15) is 0 Å². The van der Waals surface area contributed by atoms with Gasteiger partial charge in [0.2, 0.25) is 5.91 Å². The molecule has 0 aliphatic rings. The third-order valence-corrected chi connectivity index (χ3v) is 3.29. The Morgan fingerprint density at radius 3 is 3.00 bits per heavy atom. The molecule has 0 atom stereocenters. The third-order valence-electron chi connectivity index (χ3n) is 1.40. The first kappa shape index (κ1) is 11.0. The molecule has 0 saturated heterocycles. The Morgan fingerprint density at radius 1 is 1.69 bits per heavy atom. The predicted octanol–water partition coefficient (Wildman–Crippen LogP) is 2.76. The van der Waals surface area contributed by atoms with E-state index in [1.54, 1.807) is 11.3 Å². The first-order valence-electron chi connectivity index (χ1n) is 3.78. The highest BCUT2D eigenvalue weighted by molar-refractivity contribution is 9.10. The molecule has 1 N–H and O–H groups in total. The van der Waals surface area contributed by atoms with Crippen LogP contribution in [0.1, 0.15) is 11.3 Å². The summed E-state index contributed by atoms with van der Waals surface area (Å²) >= 11 is 10.4.